The number of rotatable bonds is 3. The minimum atomic E-state index is -2.95. The molecular weight excluding hydrogens is 208 g/mol. The number of nitrogens with two attached hydrogens (primary N) is 1. The van der Waals surface area contributed by atoms with Gasteiger partial charge in [-0.3, -0.25) is 0 Å². The first-order chi connectivity index (χ1) is 7.04. The highest BCUT2D eigenvalue weighted by Gasteiger charge is 2.12. The lowest BCUT2D eigenvalue weighted by Gasteiger charge is -2.07. The van der Waals surface area contributed by atoms with Gasteiger partial charge in [0, 0.05) is 5.69 Å². The largest absolute Gasteiger partial charge is 0.465 e. The third-order valence-corrected chi connectivity index (χ3v) is 1.66. The van der Waals surface area contributed by atoms with Crippen molar-refractivity contribution >= 4 is 11.7 Å². The average Bonchev–Trinajstić information content (AvgIpc) is 2.19. The second kappa shape index (κ2) is 4.59. The number of ether oxygens (including phenoxy) is 2. The maximum absolute atomic E-state index is 11.9. The van der Waals surface area contributed by atoms with Crippen molar-refractivity contribution in [1.29, 1.82) is 0 Å². The minimum Gasteiger partial charge on any atom is -0.465 e. The first-order valence-electron chi connectivity index (χ1n) is 3.97. The normalized spacial score (nSPS) is 10.1. The van der Waals surface area contributed by atoms with E-state index in [1.54, 1.807) is 0 Å². The number of hydrogen-bond donors (Lipinski definition) is 1. The van der Waals surface area contributed by atoms with Crippen LogP contribution in [0.5, 0.6) is 5.75 Å². The molecule has 0 aliphatic heterocycles. The molecule has 0 heterocycles. The van der Waals surface area contributed by atoms with Crippen LogP contribution in [0.4, 0.5) is 14.5 Å². The lowest BCUT2D eigenvalue weighted by Crippen LogP contribution is -2.07. The van der Waals surface area contributed by atoms with Crippen molar-refractivity contribution in [2.75, 3.05) is 12.8 Å². The quantitative estimate of drug-likeness (QED) is 0.617. The molecule has 0 amide bonds. The number of hydrogen-bond acceptors (Lipinski definition) is 4. The highest BCUT2D eigenvalue weighted by atomic mass is 19.3. The highest BCUT2D eigenvalue weighted by molar-refractivity contribution is 5.95. The number of anilines is 1. The smallest absolute Gasteiger partial charge is 0.387 e. The predicted molar refractivity (Wildman–Crippen MR) is 48.8 cm³/mol. The molecule has 1 aromatic carbocycles. The monoisotopic (exact) mass is 217 g/mol. The fourth-order valence-electron chi connectivity index (χ4n) is 0.998. The number of esters is 1. The summed E-state index contributed by atoms with van der Waals surface area (Å²) in [6.07, 6.45) is 0. The molecule has 0 spiro atoms. The maximum Gasteiger partial charge on any atom is 0.387 e. The number of halogens is 2. The van der Waals surface area contributed by atoms with Gasteiger partial charge in [0.15, 0.2) is 0 Å². The lowest BCUT2D eigenvalue weighted by molar-refractivity contribution is -0.0499. The Hall–Kier alpha value is -1.85. The number of nitrogen functional groups attached to an aromatic ring is 1. The van der Waals surface area contributed by atoms with E-state index in [1.165, 1.54) is 19.2 Å². The van der Waals surface area contributed by atoms with Crippen LogP contribution in [0.25, 0.3) is 0 Å². The fraction of sp³-hybridized carbons (Fsp3) is 0.222. The molecule has 0 saturated carbocycles. The van der Waals surface area contributed by atoms with Gasteiger partial charge in [-0.25, -0.2) is 4.79 Å². The van der Waals surface area contributed by atoms with Gasteiger partial charge in [0.2, 0.25) is 0 Å². The Kier molecular flexibility index (Phi) is 3.43. The van der Waals surface area contributed by atoms with Gasteiger partial charge in [0.1, 0.15) is 5.75 Å². The van der Waals surface area contributed by atoms with E-state index in [4.69, 9.17) is 5.73 Å². The van der Waals surface area contributed by atoms with E-state index in [2.05, 4.69) is 9.47 Å². The van der Waals surface area contributed by atoms with Gasteiger partial charge < -0.3 is 15.2 Å². The van der Waals surface area contributed by atoms with Gasteiger partial charge in [-0.05, 0) is 18.2 Å². The summed E-state index contributed by atoms with van der Waals surface area (Å²) in [6.45, 7) is -2.95. The molecule has 15 heavy (non-hydrogen) atoms. The van der Waals surface area contributed by atoms with Gasteiger partial charge in [0.05, 0.1) is 12.7 Å². The van der Waals surface area contributed by atoms with Crippen LogP contribution in [-0.4, -0.2) is 19.7 Å². The number of benzene rings is 1. The Labute approximate surface area is 84.6 Å². The van der Waals surface area contributed by atoms with Crippen LogP contribution in [0.15, 0.2) is 18.2 Å². The van der Waals surface area contributed by atoms with E-state index in [-0.39, 0.29) is 17.0 Å². The van der Waals surface area contributed by atoms with Gasteiger partial charge in [-0.2, -0.15) is 8.78 Å². The Bertz CT molecular complexity index is 368. The SMILES string of the molecule is COC(=O)c1cc(OC(F)F)ccc1N. The molecule has 4 nitrogen and oxygen atoms in total. The van der Waals surface area contributed by atoms with E-state index in [0.717, 1.165) is 6.07 Å². The highest BCUT2D eigenvalue weighted by Crippen LogP contribution is 2.21. The molecule has 0 radical (unpaired) electrons. The Morgan fingerprint density at radius 2 is 2.13 bits per heavy atom. The summed E-state index contributed by atoms with van der Waals surface area (Å²) in [5.41, 5.74) is 5.59. The summed E-state index contributed by atoms with van der Waals surface area (Å²) in [6, 6.07) is 3.64. The number of carbonyl (C=O) groups is 1. The Morgan fingerprint density at radius 3 is 2.67 bits per heavy atom. The lowest BCUT2D eigenvalue weighted by atomic mass is 10.2. The number of carbonyl (C=O) groups excluding carboxylic acids is 1. The molecule has 1 aromatic rings. The third-order valence-electron chi connectivity index (χ3n) is 1.66. The van der Waals surface area contributed by atoms with Crippen molar-refractivity contribution in [2.24, 2.45) is 0 Å². The molecular formula is C9H9F2NO3. The van der Waals surface area contributed by atoms with Crippen molar-refractivity contribution in [3.05, 3.63) is 23.8 Å². The third kappa shape index (κ3) is 2.80. The summed E-state index contributed by atoms with van der Waals surface area (Å²) in [5, 5.41) is 0. The molecule has 82 valence electrons. The minimum absolute atomic E-state index is 0.00403. The summed E-state index contributed by atoms with van der Waals surface area (Å²) >= 11 is 0. The van der Waals surface area contributed by atoms with Crippen molar-refractivity contribution in [3.63, 3.8) is 0 Å². The van der Waals surface area contributed by atoms with E-state index >= 15 is 0 Å². The van der Waals surface area contributed by atoms with Crippen molar-refractivity contribution < 1.29 is 23.0 Å². The second-order valence-electron chi connectivity index (χ2n) is 2.62. The summed E-state index contributed by atoms with van der Waals surface area (Å²) in [7, 11) is 1.17. The molecule has 0 aliphatic rings. The second-order valence-corrected chi connectivity index (χ2v) is 2.62. The Morgan fingerprint density at radius 1 is 1.47 bits per heavy atom. The zero-order chi connectivity index (χ0) is 11.4. The summed E-state index contributed by atoms with van der Waals surface area (Å²) in [4.78, 5) is 11.1. The first kappa shape index (κ1) is 11.2. The molecule has 0 aliphatic carbocycles. The van der Waals surface area contributed by atoms with Crippen LogP contribution >= 0.6 is 0 Å². The van der Waals surface area contributed by atoms with Crippen molar-refractivity contribution in [2.45, 2.75) is 6.61 Å². The van der Waals surface area contributed by atoms with Gasteiger partial charge in [0.25, 0.3) is 0 Å². The first-order valence-corrected chi connectivity index (χ1v) is 3.97. The molecule has 0 fully saturated rings. The molecule has 1 rings (SSSR count). The Balaban J connectivity index is 3.00. The number of methoxy groups -OCH3 is 1. The van der Waals surface area contributed by atoms with Crippen LogP contribution in [0.3, 0.4) is 0 Å². The van der Waals surface area contributed by atoms with E-state index in [1.807, 2.05) is 0 Å². The molecule has 0 saturated heterocycles. The molecule has 0 bridgehead atoms. The summed E-state index contributed by atoms with van der Waals surface area (Å²) in [5.74, 6) is -0.841. The van der Waals surface area contributed by atoms with Gasteiger partial charge >= 0.3 is 12.6 Å². The summed E-state index contributed by atoms with van der Waals surface area (Å²) < 4.78 is 32.3. The molecule has 0 unspecified atom stereocenters. The van der Waals surface area contributed by atoms with Crippen LogP contribution in [0.2, 0.25) is 0 Å². The van der Waals surface area contributed by atoms with E-state index in [0.29, 0.717) is 0 Å². The zero-order valence-electron chi connectivity index (χ0n) is 7.87. The fourth-order valence-corrected chi connectivity index (χ4v) is 0.998. The van der Waals surface area contributed by atoms with Crippen LogP contribution in [0.1, 0.15) is 10.4 Å². The van der Waals surface area contributed by atoms with E-state index < -0.39 is 12.6 Å². The van der Waals surface area contributed by atoms with Crippen LogP contribution < -0.4 is 10.5 Å². The van der Waals surface area contributed by atoms with Crippen LogP contribution in [0, 0.1) is 0 Å². The topological polar surface area (TPSA) is 61.5 Å². The molecule has 2 N–H and O–H groups in total. The molecule has 0 atom stereocenters. The van der Waals surface area contributed by atoms with Gasteiger partial charge in [-0.1, -0.05) is 0 Å². The van der Waals surface area contributed by atoms with Crippen molar-refractivity contribution in [1.82, 2.24) is 0 Å². The number of alkyl halides is 2. The van der Waals surface area contributed by atoms with Crippen LogP contribution in [-0.2, 0) is 4.74 Å². The molecule has 0 aromatic heterocycles. The average molecular weight is 217 g/mol. The van der Waals surface area contributed by atoms with Crippen molar-refractivity contribution in [3.8, 4) is 5.75 Å². The maximum atomic E-state index is 11.9. The van der Waals surface area contributed by atoms with Gasteiger partial charge in [-0.15, -0.1) is 0 Å². The van der Waals surface area contributed by atoms with E-state index in [9.17, 15) is 13.6 Å². The predicted octanol–water partition coefficient (Wildman–Crippen LogP) is 1.66. The molecule has 6 heteroatoms. The standard InChI is InChI=1S/C9H9F2NO3/c1-14-8(13)6-4-5(15-9(10)11)2-3-7(6)12/h2-4,9H,12H2,1H3. The zero-order valence-corrected chi connectivity index (χ0v) is 7.87.